The first-order chi connectivity index (χ1) is 6.68. The van der Waals surface area contributed by atoms with Crippen LogP contribution in [0.25, 0.3) is 0 Å². The first-order valence-electron chi connectivity index (χ1n) is 4.43. The summed E-state index contributed by atoms with van der Waals surface area (Å²) in [6.07, 6.45) is 0.176. The summed E-state index contributed by atoms with van der Waals surface area (Å²) in [6, 6.07) is 3.77. The number of hydrogen-bond donors (Lipinski definition) is 1. The molecule has 1 heterocycles. The van der Waals surface area contributed by atoms with Gasteiger partial charge in [-0.25, -0.2) is 0 Å². The summed E-state index contributed by atoms with van der Waals surface area (Å²) in [5.74, 6) is 1.50. The molecule has 0 aliphatic carbocycles. The molecule has 2 rings (SSSR count). The average molecular weight is 259 g/mol. The molecule has 0 fully saturated rings. The summed E-state index contributed by atoms with van der Waals surface area (Å²) in [5, 5.41) is 9.34. The Morgan fingerprint density at radius 3 is 3.00 bits per heavy atom. The Kier molecular flexibility index (Phi) is 2.65. The van der Waals surface area contributed by atoms with E-state index in [0.29, 0.717) is 6.42 Å². The molecule has 1 unspecified atom stereocenters. The van der Waals surface area contributed by atoms with Crippen molar-refractivity contribution in [3.05, 3.63) is 22.2 Å². The molecule has 1 N–H and O–H groups in total. The van der Waals surface area contributed by atoms with Crippen LogP contribution < -0.4 is 9.47 Å². The Morgan fingerprint density at radius 2 is 2.29 bits per heavy atom. The van der Waals surface area contributed by atoms with Crippen molar-refractivity contribution in [3.8, 4) is 11.5 Å². The van der Waals surface area contributed by atoms with E-state index >= 15 is 0 Å². The number of fused-ring (bicyclic) bond motifs is 1. The lowest BCUT2D eigenvalue weighted by molar-refractivity contribution is 0.169. The van der Waals surface area contributed by atoms with E-state index in [1.807, 2.05) is 12.1 Å². The quantitative estimate of drug-likeness (QED) is 0.883. The van der Waals surface area contributed by atoms with E-state index in [9.17, 15) is 5.11 Å². The molecule has 1 aliphatic heterocycles. The van der Waals surface area contributed by atoms with Gasteiger partial charge in [0, 0.05) is 16.5 Å². The van der Waals surface area contributed by atoms with Gasteiger partial charge in [-0.15, -0.1) is 0 Å². The highest BCUT2D eigenvalue weighted by molar-refractivity contribution is 9.10. The Hall–Kier alpha value is -0.740. The summed E-state index contributed by atoms with van der Waals surface area (Å²) in [4.78, 5) is 0. The molecule has 3 nitrogen and oxygen atoms in total. The lowest BCUT2D eigenvalue weighted by atomic mass is 10.1. The van der Waals surface area contributed by atoms with Gasteiger partial charge < -0.3 is 14.6 Å². The van der Waals surface area contributed by atoms with Crippen LogP contribution in [0.15, 0.2) is 16.6 Å². The van der Waals surface area contributed by atoms with Gasteiger partial charge in [-0.3, -0.25) is 0 Å². The summed E-state index contributed by atoms with van der Waals surface area (Å²) in [6.45, 7) is 2.01. The summed E-state index contributed by atoms with van der Waals surface area (Å²) >= 11 is 3.43. The van der Waals surface area contributed by atoms with Crippen LogP contribution in [0.5, 0.6) is 11.5 Å². The van der Waals surface area contributed by atoms with E-state index in [-0.39, 0.29) is 12.9 Å². The molecule has 76 valence electrons. The van der Waals surface area contributed by atoms with Crippen molar-refractivity contribution in [1.29, 1.82) is 0 Å². The van der Waals surface area contributed by atoms with Crippen LogP contribution in [-0.2, 0) is 6.42 Å². The van der Waals surface area contributed by atoms with E-state index in [1.54, 1.807) is 6.92 Å². The van der Waals surface area contributed by atoms with Gasteiger partial charge in [0.25, 0.3) is 0 Å². The van der Waals surface area contributed by atoms with Gasteiger partial charge in [0.15, 0.2) is 11.5 Å². The number of halogens is 1. The van der Waals surface area contributed by atoms with E-state index in [1.165, 1.54) is 0 Å². The van der Waals surface area contributed by atoms with Crippen LogP contribution >= 0.6 is 15.9 Å². The van der Waals surface area contributed by atoms with Gasteiger partial charge in [0.2, 0.25) is 6.79 Å². The second-order valence-corrected chi connectivity index (χ2v) is 4.17. The smallest absolute Gasteiger partial charge is 0.231 e. The second-order valence-electron chi connectivity index (χ2n) is 3.31. The van der Waals surface area contributed by atoms with Crippen LogP contribution in [0.4, 0.5) is 0 Å². The first-order valence-corrected chi connectivity index (χ1v) is 5.23. The normalized spacial score (nSPS) is 15.6. The van der Waals surface area contributed by atoms with Crippen LogP contribution in [0.3, 0.4) is 0 Å². The van der Waals surface area contributed by atoms with E-state index in [0.717, 1.165) is 21.5 Å². The van der Waals surface area contributed by atoms with Gasteiger partial charge in [0.05, 0.1) is 6.10 Å². The summed E-state index contributed by atoms with van der Waals surface area (Å²) in [7, 11) is 0. The fraction of sp³-hybridized carbons (Fsp3) is 0.400. The molecule has 14 heavy (non-hydrogen) atoms. The highest BCUT2D eigenvalue weighted by Gasteiger charge is 2.20. The van der Waals surface area contributed by atoms with Gasteiger partial charge in [-0.1, -0.05) is 15.9 Å². The van der Waals surface area contributed by atoms with Crippen molar-refractivity contribution in [3.63, 3.8) is 0 Å². The number of hydrogen-bond acceptors (Lipinski definition) is 3. The monoisotopic (exact) mass is 258 g/mol. The average Bonchev–Trinajstić information content (AvgIpc) is 2.57. The van der Waals surface area contributed by atoms with E-state index < -0.39 is 0 Å². The summed E-state index contributed by atoms with van der Waals surface area (Å²) < 4.78 is 11.5. The largest absolute Gasteiger partial charge is 0.454 e. The van der Waals surface area contributed by atoms with Crippen LogP contribution in [0.2, 0.25) is 0 Å². The molecular weight excluding hydrogens is 248 g/mol. The molecule has 0 radical (unpaired) electrons. The fourth-order valence-electron chi connectivity index (χ4n) is 1.49. The molecule has 0 aromatic heterocycles. The van der Waals surface area contributed by atoms with E-state index in [2.05, 4.69) is 15.9 Å². The zero-order valence-electron chi connectivity index (χ0n) is 7.79. The maximum Gasteiger partial charge on any atom is 0.231 e. The van der Waals surface area contributed by atoms with E-state index in [4.69, 9.17) is 9.47 Å². The molecule has 0 spiro atoms. The highest BCUT2D eigenvalue weighted by Crippen LogP contribution is 2.40. The Bertz CT molecular complexity index is 349. The minimum Gasteiger partial charge on any atom is -0.454 e. The molecular formula is C10H11BrO3. The first kappa shape index (κ1) is 9.80. The van der Waals surface area contributed by atoms with Gasteiger partial charge in [0.1, 0.15) is 0 Å². The molecule has 0 bridgehead atoms. The van der Waals surface area contributed by atoms with Crippen molar-refractivity contribution >= 4 is 15.9 Å². The zero-order valence-corrected chi connectivity index (χ0v) is 9.37. The Labute approximate surface area is 90.8 Å². The van der Waals surface area contributed by atoms with Crippen LogP contribution in [-0.4, -0.2) is 18.0 Å². The molecule has 0 saturated heterocycles. The predicted molar refractivity (Wildman–Crippen MR) is 55.6 cm³/mol. The van der Waals surface area contributed by atoms with Crippen molar-refractivity contribution < 1.29 is 14.6 Å². The number of aliphatic hydroxyl groups excluding tert-OH is 1. The SMILES string of the molecule is CC(O)Cc1c(Br)ccc2c1OCO2. The third-order valence-corrected chi connectivity index (χ3v) is 2.83. The van der Waals surface area contributed by atoms with Crippen LogP contribution in [0.1, 0.15) is 12.5 Å². The minimum atomic E-state index is -0.387. The second kappa shape index (κ2) is 3.79. The number of ether oxygens (including phenoxy) is 2. The van der Waals surface area contributed by atoms with Crippen molar-refractivity contribution in [1.82, 2.24) is 0 Å². The topological polar surface area (TPSA) is 38.7 Å². The minimum absolute atomic E-state index is 0.262. The summed E-state index contributed by atoms with van der Waals surface area (Å²) in [5.41, 5.74) is 0.968. The predicted octanol–water partition coefficient (Wildman–Crippen LogP) is 2.10. The molecule has 1 atom stereocenters. The molecule has 4 heteroatoms. The molecule has 1 aliphatic rings. The standard InChI is InChI=1S/C10H11BrO3/c1-6(12)4-7-8(11)2-3-9-10(7)14-5-13-9/h2-3,6,12H,4-5H2,1H3. The Balaban J connectivity index is 2.41. The van der Waals surface area contributed by atoms with Crippen molar-refractivity contribution in [2.24, 2.45) is 0 Å². The Morgan fingerprint density at radius 1 is 1.50 bits per heavy atom. The lowest BCUT2D eigenvalue weighted by Gasteiger charge is -2.09. The molecule has 1 aromatic carbocycles. The van der Waals surface area contributed by atoms with Crippen molar-refractivity contribution in [2.75, 3.05) is 6.79 Å². The number of rotatable bonds is 2. The highest BCUT2D eigenvalue weighted by atomic mass is 79.9. The maximum atomic E-state index is 9.34. The third kappa shape index (κ3) is 1.72. The lowest BCUT2D eigenvalue weighted by Crippen LogP contribution is -2.06. The molecule has 0 amide bonds. The number of benzene rings is 1. The molecule has 0 saturated carbocycles. The third-order valence-electron chi connectivity index (χ3n) is 2.08. The fourth-order valence-corrected chi connectivity index (χ4v) is 1.97. The van der Waals surface area contributed by atoms with Gasteiger partial charge in [-0.2, -0.15) is 0 Å². The van der Waals surface area contributed by atoms with Crippen molar-refractivity contribution in [2.45, 2.75) is 19.4 Å². The maximum absolute atomic E-state index is 9.34. The molecule has 1 aromatic rings. The van der Waals surface area contributed by atoms with Gasteiger partial charge >= 0.3 is 0 Å². The zero-order chi connectivity index (χ0) is 10.1. The number of aliphatic hydroxyl groups is 1. The van der Waals surface area contributed by atoms with Crippen LogP contribution in [0, 0.1) is 0 Å². The van der Waals surface area contributed by atoms with Gasteiger partial charge in [-0.05, 0) is 19.1 Å².